The van der Waals surface area contributed by atoms with Gasteiger partial charge < -0.3 is 0 Å². The molecule has 1 rings (SSSR count). The molecule has 1 aromatic heterocycles. The Morgan fingerprint density at radius 1 is 1.47 bits per heavy atom. The number of nitrogens with two attached hydrogens (primary N) is 1. The molecule has 0 amide bonds. The minimum absolute atomic E-state index is 0.335. The lowest BCUT2D eigenvalue weighted by atomic mass is 10.0. The van der Waals surface area contributed by atoms with Crippen molar-refractivity contribution in [1.82, 2.24) is 15.2 Å². The highest BCUT2D eigenvalue weighted by Crippen LogP contribution is 2.09. The van der Waals surface area contributed by atoms with Crippen LogP contribution in [0, 0.1) is 5.92 Å². The third kappa shape index (κ3) is 4.44. The molecular formula is C11H22N4. The van der Waals surface area contributed by atoms with Gasteiger partial charge in [-0.1, -0.05) is 13.8 Å². The van der Waals surface area contributed by atoms with Crippen molar-refractivity contribution in [2.75, 3.05) is 0 Å². The molecule has 0 aliphatic rings. The zero-order chi connectivity index (χ0) is 11.3. The summed E-state index contributed by atoms with van der Waals surface area (Å²) < 4.78 is 1.82. The summed E-state index contributed by atoms with van der Waals surface area (Å²) in [6, 6.07) is 2.38. The van der Waals surface area contributed by atoms with Gasteiger partial charge in [0.1, 0.15) is 0 Å². The van der Waals surface area contributed by atoms with Crippen molar-refractivity contribution in [3.63, 3.8) is 0 Å². The Morgan fingerprint density at radius 3 is 2.67 bits per heavy atom. The summed E-state index contributed by atoms with van der Waals surface area (Å²) in [6.45, 7) is 4.46. The van der Waals surface area contributed by atoms with E-state index in [0.717, 1.165) is 24.5 Å². The third-order valence-corrected chi connectivity index (χ3v) is 2.55. The topological polar surface area (TPSA) is 55.9 Å². The van der Waals surface area contributed by atoms with Crippen LogP contribution < -0.4 is 11.3 Å². The highest BCUT2D eigenvalue weighted by Gasteiger charge is 2.10. The Hall–Kier alpha value is -0.870. The van der Waals surface area contributed by atoms with E-state index in [0.29, 0.717) is 6.04 Å². The van der Waals surface area contributed by atoms with Gasteiger partial charge in [0.15, 0.2) is 0 Å². The second-order valence-electron chi connectivity index (χ2n) is 4.52. The van der Waals surface area contributed by atoms with Crippen molar-refractivity contribution in [1.29, 1.82) is 0 Å². The number of nitrogens with one attached hydrogen (secondary N) is 1. The van der Waals surface area contributed by atoms with Gasteiger partial charge in [0.25, 0.3) is 0 Å². The van der Waals surface area contributed by atoms with Crippen molar-refractivity contribution in [2.24, 2.45) is 18.8 Å². The number of hydrazine groups is 1. The largest absolute Gasteiger partial charge is 0.276 e. The van der Waals surface area contributed by atoms with Gasteiger partial charge in [0.2, 0.25) is 0 Å². The van der Waals surface area contributed by atoms with E-state index in [-0.39, 0.29) is 0 Å². The zero-order valence-electron chi connectivity index (χ0n) is 9.90. The summed E-state index contributed by atoms with van der Waals surface area (Å²) in [5.74, 6) is 6.26. The highest BCUT2D eigenvalue weighted by atomic mass is 15.3. The summed E-state index contributed by atoms with van der Waals surface area (Å²) in [5, 5.41) is 4.35. The minimum atomic E-state index is 0.335. The van der Waals surface area contributed by atoms with Gasteiger partial charge in [0.05, 0.1) is 5.69 Å². The fourth-order valence-electron chi connectivity index (χ4n) is 1.60. The van der Waals surface area contributed by atoms with Crippen LogP contribution in [0.5, 0.6) is 0 Å². The quantitative estimate of drug-likeness (QED) is 0.548. The monoisotopic (exact) mass is 210 g/mol. The van der Waals surface area contributed by atoms with Crippen LogP contribution in [-0.2, 0) is 13.5 Å². The first kappa shape index (κ1) is 12.2. The molecule has 4 nitrogen and oxygen atoms in total. The summed E-state index contributed by atoms with van der Waals surface area (Å²) in [7, 11) is 1.93. The Balaban J connectivity index is 2.39. The summed E-state index contributed by atoms with van der Waals surface area (Å²) >= 11 is 0. The van der Waals surface area contributed by atoms with Crippen molar-refractivity contribution in [3.05, 3.63) is 18.0 Å². The highest BCUT2D eigenvalue weighted by molar-refractivity contribution is 5.01. The van der Waals surface area contributed by atoms with E-state index in [9.17, 15) is 0 Å². The molecule has 0 aromatic carbocycles. The van der Waals surface area contributed by atoms with Crippen LogP contribution in [0.25, 0.3) is 0 Å². The minimum Gasteiger partial charge on any atom is -0.276 e. The predicted molar refractivity (Wildman–Crippen MR) is 62.1 cm³/mol. The molecule has 0 aliphatic carbocycles. The Bertz CT molecular complexity index is 280. The number of rotatable bonds is 6. The van der Waals surface area contributed by atoms with E-state index >= 15 is 0 Å². The lowest BCUT2D eigenvalue weighted by Crippen LogP contribution is -2.37. The molecule has 4 heteroatoms. The van der Waals surface area contributed by atoms with Crippen molar-refractivity contribution >= 4 is 0 Å². The summed E-state index contributed by atoms with van der Waals surface area (Å²) in [4.78, 5) is 0. The number of hydrogen-bond donors (Lipinski definition) is 2. The lowest BCUT2D eigenvalue weighted by molar-refractivity contribution is 0.430. The molecule has 0 aliphatic heterocycles. The number of aryl methyl sites for hydroxylation is 1. The van der Waals surface area contributed by atoms with Crippen molar-refractivity contribution in [3.8, 4) is 0 Å². The zero-order valence-corrected chi connectivity index (χ0v) is 9.90. The van der Waals surface area contributed by atoms with Crippen molar-refractivity contribution < 1.29 is 0 Å². The summed E-state index contributed by atoms with van der Waals surface area (Å²) in [6.07, 6.45) is 5.17. The fraction of sp³-hybridized carbons (Fsp3) is 0.727. The molecule has 0 bridgehead atoms. The van der Waals surface area contributed by atoms with Gasteiger partial charge >= 0.3 is 0 Å². The smallest absolute Gasteiger partial charge is 0.0640 e. The molecule has 0 spiro atoms. The molecule has 1 aromatic rings. The Kier molecular flexibility index (Phi) is 4.78. The van der Waals surface area contributed by atoms with Gasteiger partial charge in [-0.3, -0.25) is 16.0 Å². The molecule has 15 heavy (non-hydrogen) atoms. The molecule has 1 atom stereocenters. The van der Waals surface area contributed by atoms with Crippen LogP contribution in [0.15, 0.2) is 12.3 Å². The average Bonchev–Trinajstić information content (AvgIpc) is 2.58. The van der Waals surface area contributed by atoms with E-state index in [1.54, 1.807) is 0 Å². The van der Waals surface area contributed by atoms with Gasteiger partial charge in [-0.2, -0.15) is 5.10 Å². The van der Waals surface area contributed by atoms with E-state index in [1.165, 1.54) is 6.42 Å². The second-order valence-corrected chi connectivity index (χ2v) is 4.52. The van der Waals surface area contributed by atoms with E-state index in [4.69, 9.17) is 5.84 Å². The maximum absolute atomic E-state index is 5.53. The molecule has 3 N–H and O–H groups in total. The number of nitrogens with zero attached hydrogens (tertiary/aromatic N) is 2. The Morgan fingerprint density at radius 2 is 2.20 bits per heavy atom. The predicted octanol–water partition coefficient (Wildman–Crippen LogP) is 1.23. The van der Waals surface area contributed by atoms with Gasteiger partial charge in [-0.25, -0.2) is 0 Å². The lowest BCUT2D eigenvalue weighted by Gasteiger charge is -2.15. The van der Waals surface area contributed by atoms with E-state index < -0.39 is 0 Å². The van der Waals surface area contributed by atoms with Crippen LogP contribution >= 0.6 is 0 Å². The van der Waals surface area contributed by atoms with Gasteiger partial charge in [0, 0.05) is 25.7 Å². The maximum Gasteiger partial charge on any atom is 0.0640 e. The molecule has 0 saturated heterocycles. The third-order valence-electron chi connectivity index (χ3n) is 2.55. The molecule has 0 fully saturated rings. The van der Waals surface area contributed by atoms with E-state index in [1.807, 2.05) is 24.0 Å². The molecular weight excluding hydrogens is 188 g/mol. The number of aromatic nitrogens is 2. The maximum atomic E-state index is 5.53. The van der Waals surface area contributed by atoms with Crippen LogP contribution in [-0.4, -0.2) is 15.8 Å². The first-order chi connectivity index (χ1) is 7.11. The molecule has 0 saturated carbocycles. The molecule has 86 valence electrons. The first-order valence-electron chi connectivity index (χ1n) is 5.56. The molecule has 0 radical (unpaired) electrons. The van der Waals surface area contributed by atoms with Crippen LogP contribution in [0.1, 0.15) is 32.4 Å². The SMILES string of the molecule is CC(C)CCC(Cc1ccn(C)n1)NN. The van der Waals surface area contributed by atoms with Crippen LogP contribution in [0.3, 0.4) is 0 Å². The van der Waals surface area contributed by atoms with Crippen LogP contribution in [0.4, 0.5) is 0 Å². The van der Waals surface area contributed by atoms with Crippen molar-refractivity contribution in [2.45, 2.75) is 39.2 Å². The standard InChI is InChI=1S/C11H22N4/c1-9(2)4-5-10(13-12)8-11-6-7-15(3)14-11/h6-7,9-10,13H,4-5,8,12H2,1-3H3. The normalized spacial score (nSPS) is 13.4. The van der Waals surface area contributed by atoms with Gasteiger partial charge in [-0.05, 0) is 24.8 Å². The fourth-order valence-corrected chi connectivity index (χ4v) is 1.60. The van der Waals surface area contributed by atoms with E-state index in [2.05, 4.69) is 24.4 Å². The van der Waals surface area contributed by atoms with Gasteiger partial charge in [-0.15, -0.1) is 0 Å². The Labute approximate surface area is 91.8 Å². The molecule has 1 unspecified atom stereocenters. The van der Waals surface area contributed by atoms with Crippen LogP contribution in [0.2, 0.25) is 0 Å². The first-order valence-corrected chi connectivity index (χ1v) is 5.56. The average molecular weight is 210 g/mol. The number of hydrogen-bond acceptors (Lipinski definition) is 3. The molecule has 1 heterocycles. The second kappa shape index (κ2) is 5.88. The summed E-state index contributed by atoms with van der Waals surface area (Å²) in [5.41, 5.74) is 3.97.